The molecule has 3 aromatic carbocycles. The number of nitriles is 1. The number of carbonyl (C=O) groups excluding carboxylic acids is 1. The van der Waals surface area contributed by atoms with Crippen LogP contribution < -0.4 is 19.9 Å². The lowest BCUT2D eigenvalue weighted by Crippen LogP contribution is -2.21. The van der Waals surface area contributed by atoms with Gasteiger partial charge in [-0.3, -0.25) is 0 Å². The molecule has 0 bridgehead atoms. The number of rotatable bonds is 7. The quantitative estimate of drug-likeness (QED) is 0.276. The summed E-state index contributed by atoms with van der Waals surface area (Å²) in [5.74, 6) is 1.15. The van der Waals surface area contributed by atoms with Gasteiger partial charge in [-0.15, -0.1) is 0 Å². The maximum absolute atomic E-state index is 12.8. The molecule has 1 unspecified atom stereocenters. The van der Waals surface area contributed by atoms with Crippen molar-refractivity contribution in [1.82, 2.24) is 0 Å². The van der Waals surface area contributed by atoms with Crippen molar-refractivity contribution in [3.63, 3.8) is 0 Å². The van der Waals surface area contributed by atoms with Crippen LogP contribution in [-0.2, 0) is 5.41 Å². The van der Waals surface area contributed by atoms with Crippen molar-refractivity contribution in [2.45, 2.75) is 52.4 Å². The predicted molar refractivity (Wildman–Crippen MR) is 147 cm³/mol. The Morgan fingerprint density at radius 3 is 2.45 bits per heavy atom. The molecule has 0 saturated carbocycles. The fourth-order valence-corrected chi connectivity index (χ4v) is 4.31. The van der Waals surface area contributed by atoms with Gasteiger partial charge in [-0.05, 0) is 59.2 Å². The number of esters is 1. The summed E-state index contributed by atoms with van der Waals surface area (Å²) in [6.07, 6.45) is 0.947. The van der Waals surface area contributed by atoms with Crippen LogP contribution in [0, 0.1) is 17.2 Å². The van der Waals surface area contributed by atoms with Gasteiger partial charge in [0.05, 0.1) is 18.1 Å². The van der Waals surface area contributed by atoms with Crippen LogP contribution in [0.15, 0.2) is 78.2 Å². The molecule has 4 rings (SSSR count). The second-order valence-electron chi connectivity index (χ2n) is 10.9. The van der Waals surface area contributed by atoms with Gasteiger partial charge in [-0.25, -0.2) is 4.79 Å². The lowest BCUT2D eigenvalue weighted by atomic mass is 9.83. The van der Waals surface area contributed by atoms with Crippen LogP contribution >= 0.6 is 0 Å². The highest BCUT2D eigenvalue weighted by Crippen LogP contribution is 2.44. The smallest absolute Gasteiger partial charge is 0.343 e. The van der Waals surface area contributed by atoms with Crippen molar-refractivity contribution in [2.24, 2.45) is 11.7 Å². The van der Waals surface area contributed by atoms with Crippen LogP contribution in [0.1, 0.15) is 74.0 Å². The average molecular weight is 511 g/mol. The molecule has 1 atom stereocenters. The molecule has 6 heteroatoms. The summed E-state index contributed by atoms with van der Waals surface area (Å²) < 4.78 is 17.4. The topological polar surface area (TPSA) is 94.6 Å². The van der Waals surface area contributed by atoms with Crippen molar-refractivity contribution in [3.05, 3.63) is 100 Å². The molecule has 2 N–H and O–H groups in total. The van der Waals surface area contributed by atoms with E-state index in [0.717, 1.165) is 28.9 Å². The predicted octanol–water partition coefficient (Wildman–Crippen LogP) is 6.85. The van der Waals surface area contributed by atoms with Gasteiger partial charge in [0.1, 0.15) is 28.9 Å². The normalized spacial score (nSPS) is 14.9. The number of benzene rings is 3. The molecule has 0 aliphatic carbocycles. The first-order chi connectivity index (χ1) is 18.1. The number of nitrogens with two attached hydrogens (primary N) is 1. The maximum Gasteiger partial charge on any atom is 0.343 e. The standard InChI is InChI=1S/C32H34N2O4/c1-20(2)15-16-36-24-8-6-7-22(17-24)29-26-14-13-25(18-28(26)38-30(34)27(29)19-33)37-31(35)21-9-11-23(12-10-21)32(3,4)5/h6-14,17-18,20,29H,15-16,34H2,1-5H3. The van der Waals surface area contributed by atoms with Gasteiger partial charge in [-0.1, -0.05) is 65.0 Å². The highest BCUT2D eigenvalue weighted by Gasteiger charge is 2.31. The molecule has 38 heavy (non-hydrogen) atoms. The van der Waals surface area contributed by atoms with Gasteiger partial charge >= 0.3 is 5.97 Å². The Morgan fingerprint density at radius 1 is 1.05 bits per heavy atom. The Morgan fingerprint density at radius 2 is 1.79 bits per heavy atom. The summed E-state index contributed by atoms with van der Waals surface area (Å²) in [5.41, 5.74) is 9.68. The lowest BCUT2D eigenvalue weighted by molar-refractivity contribution is 0.0734. The molecule has 0 saturated heterocycles. The minimum absolute atomic E-state index is 0.00966. The lowest BCUT2D eigenvalue weighted by Gasteiger charge is -2.27. The monoisotopic (exact) mass is 510 g/mol. The Bertz CT molecular complexity index is 1390. The maximum atomic E-state index is 12.8. The van der Waals surface area contributed by atoms with E-state index in [2.05, 4.69) is 40.7 Å². The zero-order valence-corrected chi connectivity index (χ0v) is 22.6. The van der Waals surface area contributed by atoms with Crippen molar-refractivity contribution in [2.75, 3.05) is 6.61 Å². The summed E-state index contributed by atoms with van der Waals surface area (Å²) in [6, 6.07) is 22.4. The minimum atomic E-state index is -0.467. The highest BCUT2D eigenvalue weighted by atomic mass is 16.5. The molecule has 196 valence electrons. The van der Waals surface area contributed by atoms with Crippen LogP contribution in [0.5, 0.6) is 17.2 Å². The number of fused-ring (bicyclic) bond motifs is 1. The Kier molecular flexibility index (Phi) is 7.78. The van der Waals surface area contributed by atoms with Gasteiger partial charge in [0, 0.05) is 11.6 Å². The molecule has 0 radical (unpaired) electrons. The number of hydrogen-bond acceptors (Lipinski definition) is 6. The van der Waals surface area contributed by atoms with E-state index in [4.69, 9.17) is 19.9 Å². The van der Waals surface area contributed by atoms with Crippen LogP contribution in [0.4, 0.5) is 0 Å². The van der Waals surface area contributed by atoms with Crippen molar-refractivity contribution in [1.29, 1.82) is 5.26 Å². The van der Waals surface area contributed by atoms with Gasteiger partial charge in [0.2, 0.25) is 5.88 Å². The average Bonchev–Trinajstić information content (AvgIpc) is 2.87. The third kappa shape index (κ3) is 6.00. The SMILES string of the molecule is CC(C)CCOc1cccc(C2C(C#N)=C(N)Oc3cc(OC(=O)c4ccc(C(C)(C)C)cc4)ccc32)c1. The van der Waals surface area contributed by atoms with Crippen molar-refractivity contribution < 1.29 is 19.0 Å². The first kappa shape index (κ1) is 26.8. The number of allylic oxidation sites excluding steroid dienone is 1. The Labute approximate surface area is 224 Å². The summed E-state index contributed by atoms with van der Waals surface area (Å²) in [7, 11) is 0. The first-order valence-electron chi connectivity index (χ1n) is 12.8. The molecular formula is C32H34N2O4. The molecular weight excluding hydrogens is 476 g/mol. The molecule has 0 aromatic heterocycles. The number of carbonyl (C=O) groups is 1. The molecule has 3 aromatic rings. The third-order valence-corrected chi connectivity index (χ3v) is 6.54. The fraction of sp³-hybridized carbons (Fsp3) is 0.312. The van der Waals surface area contributed by atoms with Gasteiger partial charge in [0.15, 0.2) is 0 Å². The number of ether oxygens (including phenoxy) is 3. The first-order valence-corrected chi connectivity index (χ1v) is 12.8. The molecule has 0 amide bonds. The van der Waals surface area contributed by atoms with Crippen LogP contribution in [0.25, 0.3) is 0 Å². The molecule has 1 heterocycles. The van der Waals surface area contributed by atoms with E-state index in [-0.39, 0.29) is 11.3 Å². The van der Waals surface area contributed by atoms with E-state index in [1.807, 2.05) is 36.4 Å². The number of hydrogen-bond donors (Lipinski definition) is 1. The van der Waals surface area contributed by atoms with E-state index in [1.54, 1.807) is 30.3 Å². The summed E-state index contributed by atoms with van der Waals surface area (Å²) in [5, 5.41) is 9.89. The van der Waals surface area contributed by atoms with Crippen LogP contribution in [0.3, 0.4) is 0 Å². The van der Waals surface area contributed by atoms with E-state index in [9.17, 15) is 10.1 Å². The Hall–Kier alpha value is -4.24. The summed E-state index contributed by atoms with van der Waals surface area (Å²) >= 11 is 0. The fourth-order valence-electron chi connectivity index (χ4n) is 4.31. The summed E-state index contributed by atoms with van der Waals surface area (Å²) in [4.78, 5) is 12.8. The van der Waals surface area contributed by atoms with Gasteiger partial charge in [0.25, 0.3) is 0 Å². The van der Waals surface area contributed by atoms with Gasteiger partial charge < -0.3 is 19.9 Å². The van der Waals surface area contributed by atoms with E-state index >= 15 is 0 Å². The molecule has 6 nitrogen and oxygen atoms in total. The minimum Gasteiger partial charge on any atom is -0.494 e. The van der Waals surface area contributed by atoms with E-state index in [1.165, 1.54) is 0 Å². The largest absolute Gasteiger partial charge is 0.494 e. The second kappa shape index (κ2) is 11.0. The van der Waals surface area contributed by atoms with Crippen LogP contribution in [-0.4, -0.2) is 12.6 Å². The molecule has 1 aliphatic rings. The molecule has 1 aliphatic heterocycles. The second-order valence-corrected chi connectivity index (χ2v) is 10.9. The molecule has 0 spiro atoms. The Balaban J connectivity index is 1.59. The van der Waals surface area contributed by atoms with Crippen molar-refractivity contribution >= 4 is 5.97 Å². The zero-order chi connectivity index (χ0) is 27.4. The van der Waals surface area contributed by atoms with Crippen molar-refractivity contribution in [3.8, 4) is 23.3 Å². The summed E-state index contributed by atoms with van der Waals surface area (Å²) in [6.45, 7) is 11.3. The number of nitrogens with zero attached hydrogens (tertiary/aromatic N) is 1. The zero-order valence-electron chi connectivity index (χ0n) is 22.6. The highest BCUT2D eigenvalue weighted by molar-refractivity contribution is 5.91. The van der Waals surface area contributed by atoms with Gasteiger partial charge in [-0.2, -0.15) is 5.26 Å². The van der Waals surface area contributed by atoms with Crippen LogP contribution in [0.2, 0.25) is 0 Å². The van der Waals surface area contributed by atoms with E-state index in [0.29, 0.717) is 35.2 Å². The molecule has 0 fully saturated rings. The third-order valence-electron chi connectivity index (χ3n) is 6.54. The van der Waals surface area contributed by atoms with E-state index < -0.39 is 11.9 Å².